The zero-order valence-corrected chi connectivity index (χ0v) is 10.9. The lowest BCUT2D eigenvalue weighted by molar-refractivity contribution is 0.319. The number of aromatic nitrogens is 3. The second-order valence-corrected chi connectivity index (χ2v) is 5.42. The van der Waals surface area contributed by atoms with Gasteiger partial charge in [-0.05, 0) is 36.8 Å². The van der Waals surface area contributed by atoms with Gasteiger partial charge in [-0.25, -0.2) is 4.98 Å². The van der Waals surface area contributed by atoms with E-state index in [9.17, 15) is 5.11 Å². The third-order valence-electron chi connectivity index (χ3n) is 4.03. The number of hydrogen-bond acceptors (Lipinski definition) is 4. The number of aromatic hydroxyl groups is 1. The van der Waals surface area contributed by atoms with Crippen molar-refractivity contribution in [2.75, 3.05) is 0 Å². The largest absolute Gasteiger partial charge is 0.491 e. The Labute approximate surface area is 112 Å². The molecule has 0 spiro atoms. The van der Waals surface area contributed by atoms with E-state index in [0.717, 1.165) is 25.1 Å². The first-order valence-electron chi connectivity index (χ1n) is 6.92. The first kappa shape index (κ1) is 12.3. The standard InChI is InChI=1S/C14H19N3O2/c18-14-8-13(19-16-14)12-3-1-2-11(4-5-12)9-17-7-6-15-10-17/h6-8,10-12H,1-5,9H2,(H,16,18). The van der Waals surface area contributed by atoms with Crippen LogP contribution in [0.2, 0.25) is 0 Å². The van der Waals surface area contributed by atoms with Crippen LogP contribution in [0.4, 0.5) is 0 Å². The molecule has 1 saturated carbocycles. The Morgan fingerprint density at radius 1 is 1.32 bits per heavy atom. The molecule has 2 unspecified atom stereocenters. The minimum atomic E-state index is -0.00536. The van der Waals surface area contributed by atoms with Crippen LogP contribution in [0.1, 0.15) is 43.8 Å². The van der Waals surface area contributed by atoms with Crippen molar-refractivity contribution in [3.05, 3.63) is 30.5 Å². The summed E-state index contributed by atoms with van der Waals surface area (Å²) >= 11 is 0. The molecule has 1 aliphatic carbocycles. The SMILES string of the molecule is Oc1cc(C2CCCC(Cn3ccnc3)CC2)on1. The van der Waals surface area contributed by atoms with E-state index in [2.05, 4.69) is 14.7 Å². The molecule has 1 N–H and O–H groups in total. The molecule has 1 fully saturated rings. The molecule has 0 radical (unpaired) electrons. The second kappa shape index (κ2) is 5.47. The van der Waals surface area contributed by atoms with Gasteiger partial charge in [0, 0.05) is 30.9 Å². The van der Waals surface area contributed by atoms with Crippen molar-refractivity contribution in [3.63, 3.8) is 0 Å². The van der Waals surface area contributed by atoms with Crippen LogP contribution in [-0.4, -0.2) is 19.8 Å². The summed E-state index contributed by atoms with van der Waals surface area (Å²) in [7, 11) is 0. The molecule has 2 aromatic heterocycles. The minimum Gasteiger partial charge on any atom is -0.491 e. The third-order valence-corrected chi connectivity index (χ3v) is 4.03. The molecule has 0 aromatic carbocycles. The van der Waals surface area contributed by atoms with E-state index in [-0.39, 0.29) is 5.88 Å². The van der Waals surface area contributed by atoms with Gasteiger partial charge in [0.05, 0.1) is 6.33 Å². The van der Waals surface area contributed by atoms with Crippen LogP contribution in [0.25, 0.3) is 0 Å². The number of hydrogen-bond donors (Lipinski definition) is 1. The highest BCUT2D eigenvalue weighted by atomic mass is 16.5. The highest BCUT2D eigenvalue weighted by molar-refractivity contribution is 5.13. The summed E-state index contributed by atoms with van der Waals surface area (Å²) in [6.45, 7) is 1.05. The van der Waals surface area contributed by atoms with E-state index in [1.165, 1.54) is 19.3 Å². The van der Waals surface area contributed by atoms with Crippen molar-refractivity contribution >= 4 is 0 Å². The molecule has 0 aliphatic heterocycles. The van der Waals surface area contributed by atoms with E-state index in [1.807, 2.05) is 18.7 Å². The van der Waals surface area contributed by atoms with Crippen LogP contribution in [-0.2, 0) is 6.54 Å². The van der Waals surface area contributed by atoms with Gasteiger partial charge in [0.1, 0.15) is 5.76 Å². The van der Waals surface area contributed by atoms with Gasteiger partial charge in [-0.15, -0.1) is 0 Å². The maximum absolute atomic E-state index is 9.26. The van der Waals surface area contributed by atoms with Crippen LogP contribution >= 0.6 is 0 Å². The van der Waals surface area contributed by atoms with E-state index < -0.39 is 0 Å². The average Bonchev–Trinajstić information content (AvgIpc) is 2.99. The lowest BCUT2D eigenvalue weighted by Crippen LogP contribution is -2.08. The summed E-state index contributed by atoms with van der Waals surface area (Å²) in [6, 6.07) is 1.65. The summed E-state index contributed by atoms with van der Waals surface area (Å²) in [5.74, 6) is 1.94. The van der Waals surface area contributed by atoms with Gasteiger partial charge >= 0.3 is 0 Å². The fourth-order valence-electron chi connectivity index (χ4n) is 3.01. The Balaban J connectivity index is 1.59. The summed E-state index contributed by atoms with van der Waals surface area (Å²) in [6.07, 6.45) is 11.6. The monoisotopic (exact) mass is 261 g/mol. The molecule has 19 heavy (non-hydrogen) atoms. The molecule has 5 nitrogen and oxygen atoms in total. The number of imidazole rings is 1. The number of rotatable bonds is 3. The Bertz CT molecular complexity index is 507. The first-order valence-corrected chi connectivity index (χ1v) is 6.92. The summed E-state index contributed by atoms with van der Waals surface area (Å²) in [5, 5.41) is 12.8. The normalized spacial score (nSPS) is 24.2. The smallest absolute Gasteiger partial charge is 0.251 e. The molecule has 1 aliphatic rings. The molecule has 102 valence electrons. The Morgan fingerprint density at radius 3 is 3.00 bits per heavy atom. The van der Waals surface area contributed by atoms with Gasteiger partial charge in [-0.3, -0.25) is 0 Å². The van der Waals surface area contributed by atoms with Crippen molar-refractivity contribution in [2.45, 2.75) is 44.6 Å². The minimum absolute atomic E-state index is 0.00536. The van der Waals surface area contributed by atoms with Crippen molar-refractivity contribution in [1.29, 1.82) is 0 Å². The van der Waals surface area contributed by atoms with Crippen LogP contribution in [0.5, 0.6) is 5.88 Å². The van der Waals surface area contributed by atoms with Gasteiger partial charge in [0.15, 0.2) is 0 Å². The van der Waals surface area contributed by atoms with Gasteiger partial charge in [0.2, 0.25) is 0 Å². The highest BCUT2D eigenvalue weighted by Gasteiger charge is 2.23. The predicted molar refractivity (Wildman–Crippen MR) is 69.7 cm³/mol. The Kier molecular flexibility index (Phi) is 3.53. The molecule has 0 saturated heterocycles. The van der Waals surface area contributed by atoms with Crippen LogP contribution in [0.3, 0.4) is 0 Å². The van der Waals surface area contributed by atoms with Crippen molar-refractivity contribution in [1.82, 2.24) is 14.7 Å². The first-order chi connectivity index (χ1) is 9.31. The molecule has 0 bridgehead atoms. The van der Waals surface area contributed by atoms with Gasteiger partial charge < -0.3 is 14.2 Å². The number of nitrogens with zero attached hydrogens (tertiary/aromatic N) is 3. The summed E-state index contributed by atoms with van der Waals surface area (Å²) in [5.41, 5.74) is 0. The van der Waals surface area contributed by atoms with Crippen LogP contribution in [0.15, 0.2) is 29.3 Å². The van der Waals surface area contributed by atoms with E-state index >= 15 is 0 Å². The Hall–Kier alpha value is -1.78. The van der Waals surface area contributed by atoms with Gasteiger partial charge in [-0.1, -0.05) is 6.42 Å². The maximum Gasteiger partial charge on any atom is 0.251 e. The van der Waals surface area contributed by atoms with Crippen LogP contribution in [0, 0.1) is 5.92 Å². The molecule has 5 heteroatoms. The molecule has 3 rings (SSSR count). The predicted octanol–water partition coefficient (Wildman–Crippen LogP) is 2.94. The average molecular weight is 261 g/mol. The molecule has 0 amide bonds. The van der Waals surface area contributed by atoms with Crippen molar-refractivity contribution in [3.8, 4) is 5.88 Å². The van der Waals surface area contributed by atoms with Gasteiger partial charge in [0.25, 0.3) is 5.88 Å². The molecular formula is C14H19N3O2. The van der Waals surface area contributed by atoms with Crippen LogP contribution < -0.4 is 0 Å². The molecular weight excluding hydrogens is 242 g/mol. The lowest BCUT2D eigenvalue weighted by Gasteiger charge is -2.14. The van der Waals surface area contributed by atoms with Crippen molar-refractivity contribution in [2.24, 2.45) is 5.92 Å². The van der Waals surface area contributed by atoms with E-state index in [1.54, 1.807) is 6.07 Å². The summed E-state index contributed by atoms with van der Waals surface area (Å²) < 4.78 is 7.34. The van der Waals surface area contributed by atoms with Gasteiger partial charge in [-0.2, -0.15) is 0 Å². The highest BCUT2D eigenvalue weighted by Crippen LogP contribution is 2.35. The zero-order chi connectivity index (χ0) is 13.1. The maximum atomic E-state index is 9.26. The zero-order valence-electron chi connectivity index (χ0n) is 10.9. The third kappa shape index (κ3) is 2.97. The quantitative estimate of drug-likeness (QED) is 0.863. The van der Waals surface area contributed by atoms with E-state index in [4.69, 9.17) is 4.52 Å². The van der Waals surface area contributed by atoms with E-state index in [0.29, 0.717) is 11.8 Å². The topological polar surface area (TPSA) is 64.1 Å². The lowest BCUT2D eigenvalue weighted by atomic mass is 9.96. The molecule has 2 atom stereocenters. The second-order valence-electron chi connectivity index (χ2n) is 5.42. The fourth-order valence-corrected chi connectivity index (χ4v) is 3.01. The summed E-state index contributed by atoms with van der Waals surface area (Å²) in [4.78, 5) is 4.09. The fraction of sp³-hybridized carbons (Fsp3) is 0.571. The molecule has 2 heterocycles. The Morgan fingerprint density at radius 2 is 2.26 bits per heavy atom. The van der Waals surface area contributed by atoms with Crippen molar-refractivity contribution < 1.29 is 9.63 Å². The molecule has 2 aromatic rings.